The van der Waals surface area contributed by atoms with Crippen LogP contribution in [0.1, 0.15) is 18.5 Å². The molecule has 1 heterocycles. The van der Waals surface area contributed by atoms with Crippen LogP contribution in [0.2, 0.25) is 5.02 Å². The second-order valence-corrected chi connectivity index (χ2v) is 6.91. The smallest absolute Gasteiger partial charge is 0.255 e. The van der Waals surface area contributed by atoms with Gasteiger partial charge in [0.05, 0.1) is 24.4 Å². The summed E-state index contributed by atoms with van der Waals surface area (Å²) in [5.74, 6) is 0.342. The van der Waals surface area contributed by atoms with Crippen LogP contribution in [0.5, 0.6) is 5.75 Å². The van der Waals surface area contributed by atoms with Gasteiger partial charge in [0.15, 0.2) is 5.11 Å². The molecule has 2 N–H and O–H groups in total. The summed E-state index contributed by atoms with van der Waals surface area (Å²) in [5, 5.41) is 7.26. The Bertz CT molecular complexity index is 929. The van der Waals surface area contributed by atoms with E-state index in [0.717, 1.165) is 11.3 Å². The lowest BCUT2D eigenvalue weighted by Crippen LogP contribution is -2.46. The van der Waals surface area contributed by atoms with Crippen LogP contribution in [-0.2, 0) is 4.79 Å². The average Bonchev–Trinajstić information content (AvgIpc) is 2.66. The highest BCUT2D eigenvalue weighted by Gasteiger charge is 2.33. The molecule has 1 amide bonds. The molecule has 2 aromatic rings. The number of carbonyl (C=O) groups excluding carboxylic acids is 1. The number of anilines is 1. The standard InChI is InChI=1S/C20H20ClN3O2S/c1-12-17(19(25)22-15-10-6-7-11-16(15)26-3)18(23-20(27)24(12)2)13-8-4-5-9-14(13)21/h4-11,18H,1-3H3,(H,22,25)(H,23,27). The molecule has 140 valence electrons. The van der Waals surface area contributed by atoms with Crippen molar-refractivity contribution in [1.29, 1.82) is 0 Å². The first-order valence-electron chi connectivity index (χ1n) is 8.37. The Balaban J connectivity index is 2.04. The molecule has 3 rings (SSSR count). The van der Waals surface area contributed by atoms with Gasteiger partial charge in [0.1, 0.15) is 5.75 Å². The Morgan fingerprint density at radius 3 is 2.59 bits per heavy atom. The van der Waals surface area contributed by atoms with Crippen molar-refractivity contribution in [3.8, 4) is 5.75 Å². The van der Waals surface area contributed by atoms with Gasteiger partial charge >= 0.3 is 0 Å². The summed E-state index contributed by atoms with van der Waals surface area (Å²) in [5.41, 5.74) is 2.69. The van der Waals surface area contributed by atoms with Crippen molar-refractivity contribution >= 4 is 40.5 Å². The van der Waals surface area contributed by atoms with Crippen molar-refractivity contribution < 1.29 is 9.53 Å². The van der Waals surface area contributed by atoms with Gasteiger partial charge in [-0.2, -0.15) is 0 Å². The highest BCUT2D eigenvalue weighted by molar-refractivity contribution is 7.80. The molecule has 0 saturated heterocycles. The van der Waals surface area contributed by atoms with E-state index in [1.54, 1.807) is 30.2 Å². The number of carbonyl (C=O) groups is 1. The van der Waals surface area contributed by atoms with Gasteiger partial charge in [-0.05, 0) is 42.9 Å². The van der Waals surface area contributed by atoms with Crippen molar-refractivity contribution in [2.45, 2.75) is 13.0 Å². The number of allylic oxidation sites excluding steroid dienone is 1. The second-order valence-electron chi connectivity index (χ2n) is 6.12. The van der Waals surface area contributed by atoms with E-state index in [4.69, 9.17) is 28.6 Å². The van der Waals surface area contributed by atoms with E-state index in [1.807, 2.05) is 44.3 Å². The van der Waals surface area contributed by atoms with Crippen LogP contribution >= 0.6 is 23.8 Å². The van der Waals surface area contributed by atoms with Gasteiger partial charge in [0.25, 0.3) is 5.91 Å². The minimum Gasteiger partial charge on any atom is -0.495 e. The van der Waals surface area contributed by atoms with Crippen LogP contribution in [-0.4, -0.2) is 30.1 Å². The number of hydrogen-bond donors (Lipinski definition) is 2. The predicted octanol–water partition coefficient (Wildman–Crippen LogP) is 4.12. The number of benzene rings is 2. The predicted molar refractivity (Wildman–Crippen MR) is 112 cm³/mol. The van der Waals surface area contributed by atoms with Crippen LogP contribution in [0.25, 0.3) is 0 Å². The third kappa shape index (κ3) is 3.77. The maximum atomic E-state index is 13.2. The molecule has 5 nitrogen and oxygen atoms in total. The van der Waals surface area contributed by atoms with Gasteiger partial charge in [-0.25, -0.2) is 0 Å². The molecule has 0 spiro atoms. The van der Waals surface area contributed by atoms with E-state index in [-0.39, 0.29) is 5.91 Å². The fourth-order valence-electron chi connectivity index (χ4n) is 3.01. The number of halogens is 1. The van der Waals surface area contributed by atoms with Crippen molar-refractivity contribution in [3.63, 3.8) is 0 Å². The third-order valence-corrected chi connectivity index (χ3v) is 5.31. The quantitative estimate of drug-likeness (QED) is 0.755. The summed E-state index contributed by atoms with van der Waals surface area (Å²) in [4.78, 5) is 15.0. The Labute approximate surface area is 169 Å². The van der Waals surface area contributed by atoms with E-state index in [0.29, 0.717) is 27.1 Å². The zero-order chi connectivity index (χ0) is 19.6. The first-order chi connectivity index (χ1) is 12.9. The molecule has 1 unspecified atom stereocenters. The molecule has 1 atom stereocenters. The van der Waals surface area contributed by atoms with Gasteiger partial charge in [-0.15, -0.1) is 0 Å². The fourth-order valence-corrected chi connectivity index (χ4v) is 3.51. The molecule has 0 aliphatic carbocycles. The molecule has 0 saturated carbocycles. The van der Waals surface area contributed by atoms with Gasteiger partial charge in [0, 0.05) is 17.8 Å². The van der Waals surface area contributed by atoms with Crippen LogP contribution in [0.4, 0.5) is 5.69 Å². The zero-order valence-electron chi connectivity index (χ0n) is 15.2. The van der Waals surface area contributed by atoms with Crippen LogP contribution in [0.3, 0.4) is 0 Å². The SMILES string of the molecule is COc1ccccc1NC(=O)C1=C(C)N(C)C(=S)NC1c1ccccc1Cl. The Hall–Kier alpha value is -2.57. The number of amides is 1. The van der Waals surface area contributed by atoms with Gasteiger partial charge in [-0.1, -0.05) is 41.9 Å². The number of hydrogen-bond acceptors (Lipinski definition) is 3. The number of thiocarbonyl (C=S) groups is 1. The Kier molecular flexibility index (Phi) is 5.68. The Morgan fingerprint density at radius 1 is 1.22 bits per heavy atom. The van der Waals surface area contributed by atoms with E-state index in [1.165, 1.54) is 0 Å². The van der Waals surface area contributed by atoms with E-state index >= 15 is 0 Å². The summed E-state index contributed by atoms with van der Waals surface area (Å²) in [6, 6.07) is 14.2. The Morgan fingerprint density at radius 2 is 1.89 bits per heavy atom. The molecular weight excluding hydrogens is 382 g/mol. The summed E-state index contributed by atoms with van der Waals surface area (Å²) in [6.07, 6.45) is 0. The summed E-state index contributed by atoms with van der Waals surface area (Å²) < 4.78 is 5.33. The molecule has 0 bridgehead atoms. The van der Waals surface area contributed by atoms with E-state index < -0.39 is 6.04 Å². The average molecular weight is 402 g/mol. The summed E-state index contributed by atoms with van der Waals surface area (Å²) in [6.45, 7) is 1.87. The lowest BCUT2D eigenvalue weighted by Gasteiger charge is -2.36. The molecule has 1 aliphatic rings. The summed E-state index contributed by atoms with van der Waals surface area (Å²) >= 11 is 11.8. The second kappa shape index (κ2) is 7.98. The maximum Gasteiger partial charge on any atom is 0.255 e. The van der Waals surface area contributed by atoms with Gasteiger partial charge in [-0.3, -0.25) is 4.79 Å². The fraction of sp³-hybridized carbons (Fsp3) is 0.200. The van der Waals surface area contributed by atoms with Crippen molar-refractivity contribution in [1.82, 2.24) is 10.2 Å². The minimum atomic E-state index is -0.447. The molecule has 0 aromatic heterocycles. The normalized spacial score (nSPS) is 16.8. The lowest BCUT2D eigenvalue weighted by molar-refractivity contribution is -0.113. The first-order valence-corrected chi connectivity index (χ1v) is 9.16. The number of ether oxygens (including phenoxy) is 1. The van der Waals surface area contributed by atoms with E-state index in [9.17, 15) is 4.79 Å². The van der Waals surface area contributed by atoms with Crippen LogP contribution in [0.15, 0.2) is 59.8 Å². The van der Waals surface area contributed by atoms with Gasteiger partial charge < -0.3 is 20.3 Å². The maximum absolute atomic E-state index is 13.2. The highest BCUT2D eigenvalue weighted by atomic mass is 35.5. The number of rotatable bonds is 4. The molecule has 2 aromatic carbocycles. The van der Waals surface area contributed by atoms with Crippen molar-refractivity contribution in [2.24, 2.45) is 0 Å². The number of methoxy groups -OCH3 is 1. The van der Waals surface area contributed by atoms with E-state index in [2.05, 4.69) is 10.6 Å². The van der Waals surface area contributed by atoms with Gasteiger partial charge in [0.2, 0.25) is 0 Å². The number of nitrogens with zero attached hydrogens (tertiary/aromatic N) is 1. The molecular formula is C20H20ClN3O2S. The minimum absolute atomic E-state index is 0.247. The summed E-state index contributed by atoms with van der Waals surface area (Å²) in [7, 11) is 3.39. The zero-order valence-corrected chi connectivity index (χ0v) is 16.8. The molecule has 27 heavy (non-hydrogen) atoms. The lowest BCUT2D eigenvalue weighted by atomic mass is 9.94. The molecule has 0 fully saturated rings. The molecule has 7 heteroatoms. The highest BCUT2D eigenvalue weighted by Crippen LogP contribution is 2.35. The number of para-hydroxylation sites is 2. The first kappa shape index (κ1) is 19.2. The van der Waals surface area contributed by atoms with Crippen molar-refractivity contribution in [2.75, 3.05) is 19.5 Å². The third-order valence-electron chi connectivity index (χ3n) is 4.57. The van der Waals surface area contributed by atoms with Crippen LogP contribution < -0.4 is 15.4 Å². The monoisotopic (exact) mass is 401 g/mol. The largest absolute Gasteiger partial charge is 0.495 e. The van der Waals surface area contributed by atoms with Crippen LogP contribution in [0, 0.1) is 0 Å². The number of nitrogens with one attached hydrogen (secondary N) is 2. The topological polar surface area (TPSA) is 53.6 Å². The van der Waals surface area contributed by atoms with Crippen molar-refractivity contribution in [3.05, 3.63) is 70.4 Å². The molecule has 1 aliphatic heterocycles. The molecule has 0 radical (unpaired) electrons.